The summed E-state index contributed by atoms with van der Waals surface area (Å²) in [6.45, 7) is -0.283. The fourth-order valence-electron chi connectivity index (χ4n) is 1.69. The fourth-order valence-corrected chi connectivity index (χ4v) is 1.69. The predicted octanol–water partition coefficient (Wildman–Crippen LogP) is 2.97. The summed E-state index contributed by atoms with van der Waals surface area (Å²) in [4.78, 5) is 11.9. The second kappa shape index (κ2) is 6.53. The molecule has 0 amide bonds. The summed E-state index contributed by atoms with van der Waals surface area (Å²) in [5.74, 6) is -0.362. The van der Waals surface area contributed by atoms with Gasteiger partial charge >= 0.3 is 0 Å². The molecule has 2 aromatic rings. The van der Waals surface area contributed by atoms with E-state index in [1.807, 2.05) is 6.07 Å². The highest BCUT2D eigenvalue weighted by molar-refractivity contribution is 5.97. The summed E-state index contributed by atoms with van der Waals surface area (Å²) in [7, 11) is 1.54. The molecule has 0 spiro atoms. The van der Waals surface area contributed by atoms with Gasteiger partial charge in [-0.2, -0.15) is 5.26 Å². The maximum atomic E-state index is 13.6. The Morgan fingerprint density at radius 3 is 2.52 bits per heavy atom. The number of Topliss-reactive ketones (excluding diaryl/α,β-unsaturated/α-hetero) is 1. The Balaban J connectivity index is 2.02. The summed E-state index contributed by atoms with van der Waals surface area (Å²) in [5.41, 5.74) is 0.645. The lowest BCUT2D eigenvalue weighted by Gasteiger charge is -2.07. The van der Waals surface area contributed by atoms with Crippen molar-refractivity contribution in [3.05, 3.63) is 59.4 Å². The molecule has 2 aromatic carbocycles. The monoisotopic (exact) mass is 285 g/mol. The van der Waals surface area contributed by atoms with Crippen molar-refractivity contribution >= 4 is 5.78 Å². The van der Waals surface area contributed by atoms with Crippen molar-refractivity contribution in [3.8, 4) is 17.6 Å². The van der Waals surface area contributed by atoms with E-state index in [2.05, 4.69) is 0 Å². The van der Waals surface area contributed by atoms with Gasteiger partial charge in [-0.3, -0.25) is 4.79 Å². The van der Waals surface area contributed by atoms with Gasteiger partial charge in [0.05, 0.1) is 18.7 Å². The third-order valence-electron chi connectivity index (χ3n) is 2.83. The Hall–Kier alpha value is -2.87. The van der Waals surface area contributed by atoms with E-state index in [1.165, 1.54) is 19.2 Å². The third kappa shape index (κ3) is 3.57. The average Bonchev–Trinajstić information content (AvgIpc) is 2.53. The first-order valence-electron chi connectivity index (χ1n) is 6.13. The van der Waals surface area contributed by atoms with Crippen molar-refractivity contribution in [1.29, 1.82) is 5.26 Å². The Labute approximate surface area is 121 Å². The minimum Gasteiger partial charge on any atom is -0.497 e. The molecule has 106 valence electrons. The Morgan fingerprint density at radius 2 is 1.95 bits per heavy atom. The number of carbonyl (C=O) groups is 1. The van der Waals surface area contributed by atoms with Gasteiger partial charge in [0.25, 0.3) is 0 Å². The maximum Gasteiger partial charge on any atom is 0.200 e. The van der Waals surface area contributed by atoms with Crippen LogP contribution in [0.15, 0.2) is 42.5 Å². The number of rotatable bonds is 5. The van der Waals surface area contributed by atoms with Gasteiger partial charge < -0.3 is 9.47 Å². The van der Waals surface area contributed by atoms with E-state index in [0.717, 1.165) is 6.07 Å². The molecule has 0 aliphatic rings. The van der Waals surface area contributed by atoms with Crippen LogP contribution in [0.25, 0.3) is 0 Å². The molecule has 0 unspecified atom stereocenters. The Kier molecular flexibility index (Phi) is 4.52. The smallest absolute Gasteiger partial charge is 0.200 e. The molecule has 4 nitrogen and oxygen atoms in total. The molecule has 0 aliphatic heterocycles. The molecule has 21 heavy (non-hydrogen) atoms. The Morgan fingerprint density at radius 1 is 1.24 bits per heavy atom. The van der Waals surface area contributed by atoms with Crippen LogP contribution in [-0.2, 0) is 0 Å². The number of halogens is 1. The Bertz CT molecular complexity index is 690. The van der Waals surface area contributed by atoms with E-state index in [-0.39, 0.29) is 23.7 Å². The number of ketones is 1. The first-order valence-corrected chi connectivity index (χ1v) is 6.13. The van der Waals surface area contributed by atoms with Gasteiger partial charge in [-0.1, -0.05) is 0 Å². The number of ether oxygens (including phenoxy) is 2. The van der Waals surface area contributed by atoms with Crippen LogP contribution in [0.4, 0.5) is 4.39 Å². The van der Waals surface area contributed by atoms with E-state index < -0.39 is 5.82 Å². The van der Waals surface area contributed by atoms with Gasteiger partial charge in [0.2, 0.25) is 0 Å². The molecule has 2 rings (SSSR count). The molecular formula is C16H12FNO3. The zero-order valence-corrected chi connectivity index (χ0v) is 11.3. The summed E-state index contributed by atoms with van der Waals surface area (Å²) in [5, 5.41) is 8.64. The standard InChI is InChI=1S/C16H12FNO3/c1-20-13-5-3-12(4-6-13)15(19)10-21-16-7-2-11(9-18)8-14(16)17/h2-8H,10H2,1H3. The van der Waals surface area contributed by atoms with Crippen molar-refractivity contribution in [1.82, 2.24) is 0 Å². The summed E-state index contributed by atoms with van der Waals surface area (Å²) >= 11 is 0. The van der Waals surface area contributed by atoms with Gasteiger partial charge in [-0.05, 0) is 42.5 Å². The van der Waals surface area contributed by atoms with Gasteiger partial charge in [-0.15, -0.1) is 0 Å². The minimum atomic E-state index is -0.670. The van der Waals surface area contributed by atoms with Crippen LogP contribution in [0.5, 0.6) is 11.5 Å². The predicted molar refractivity (Wildman–Crippen MR) is 73.9 cm³/mol. The van der Waals surface area contributed by atoms with Crippen LogP contribution in [0.3, 0.4) is 0 Å². The zero-order valence-electron chi connectivity index (χ0n) is 11.3. The summed E-state index contributed by atoms with van der Waals surface area (Å²) in [6.07, 6.45) is 0. The van der Waals surface area contributed by atoms with E-state index in [0.29, 0.717) is 11.3 Å². The van der Waals surface area contributed by atoms with E-state index in [9.17, 15) is 9.18 Å². The molecule has 0 atom stereocenters. The fraction of sp³-hybridized carbons (Fsp3) is 0.125. The van der Waals surface area contributed by atoms with Gasteiger partial charge in [0, 0.05) is 5.56 Å². The van der Waals surface area contributed by atoms with Crippen molar-refractivity contribution < 1.29 is 18.7 Å². The second-order valence-electron chi connectivity index (χ2n) is 4.20. The normalized spacial score (nSPS) is 9.76. The minimum absolute atomic E-state index is 0.0594. The molecule has 0 bridgehead atoms. The van der Waals surface area contributed by atoms with E-state index >= 15 is 0 Å². The number of hydrogen-bond acceptors (Lipinski definition) is 4. The average molecular weight is 285 g/mol. The first kappa shape index (κ1) is 14.5. The molecular weight excluding hydrogens is 273 g/mol. The lowest BCUT2D eigenvalue weighted by Crippen LogP contribution is -2.12. The number of hydrogen-bond donors (Lipinski definition) is 0. The van der Waals surface area contributed by atoms with Gasteiger partial charge in [0.15, 0.2) is 24.0 Å². The van der Waals surface area contributed by atoms with Crippen molar-refractivity contribution in [2.24, 2.45) is 0 Å². The molecule has 0 radical (unpaired) electrons. The number of benzene rings is 2. The molecule has 0 aliphatic carbocycles. The molecule has 0 saturated heterocycles. The highest BCUT2D eigenvalue weighted by Crippen LogP contribution is 2.18. The van der Waals surface area contributed by atoms with Crippen LogP contribution >= 0.6 is 0 Å². The third-order valence-corrected chi connectivity index (χ3v) is 2.83. The van der Waals surface area contributed by atoms with Crippen LogP contribution in [0.1, 0.15) is 15.9 Å². The number of methoxy groups -OCH3 is 1. The lowest BCUT2D eigenvalue weighted by atomic mass is 10.1. The van der Waals surface area contributed by atoms with Crippen molar-refractivity contribution in [3.63, 3.8) is 0 Å². The number of carbonyl (C=O) groups excluding carboxylic acids is 1. The van der Waals surface area contributed by atoms with E-state index in [4.69, 9.17) is 14.7 Å². The van der Waals surface area contributed by atoms with Crippen molar-refractivity contribution in [2.75, 3.05) is 13.7 Å². The summed E-state index contributed by atoms with van der Waals surface area (Å²) in [6, 6.07) is 12.2. The summed E-state index contributed by atoms with van der Waals surface area (Å²) < 4.78 is 23.7. The molecule has 0 saturated carbocycles. The highest BCUT2D eigenvalue weighted by Gasteiger charge is 2.10. The van der Waals surface area contributed by atoms with Crippen molar-refractivity contribution in [2.45, 2.75) is 0 Å². The molecule has 0 fully saturated rings. The number of nitrogens with zero attached hydrogens (tertiary/aromatic N) is 1. The second-order valence-corrected chi connectivity index (χ2v) is 4.20. The van der Waals surface area contributed by atoms with Gasteiger partial charge in [0.1, 0.15) is 5.75 Å². The molecule has 0 heterocycles. The number of nitriles is 1. The molecule has 0 aromatic heterocycles. The maximum absolute atomic E-state index is 13.6. The van der Waals surface area contributed by atoms with Gasteiger partial charge in [-0.25, -0.2) is 4.39 Å². The lowest BCUT2D eigenvalue weighted by molar-refractivity contribution is 0.0918. The topological polar surface area (TPSA) is 59.3 Å². The van der Waals surface area contributed by atoms with Crippen LogP contribution in [-0.4, -0.2) is 19.5 Å². The largest absolute Gasteiger partial charge is 0.497 e. The molecule has 5 heteroatoms. The van der Waals surface area contributed by atoms with Crippen LogP contribution in [0, 0.1) is 17.1 Å². The first-order chi connectivity index (χ1) is 10.1. The molecule has 0 N–H and O–H groups in total. The van der Waals surface area contributed by atoms with Crippen LogP contribution < -0.4 is 9.47 Å². The van der Waals surface area contributed by atoms with E-state index in [1.54, 1.807) is 24.3 Å². The quantitative estimate of drug-likeness (QED) is 0.792. The SMILES string of the molecule is COc1ccc(C(=O)COc2ccc(C#N)cc2F)cc1. The zero-order chi connectivity index (χ0) is 15.2. The highest BCUT2D eigenvalue weighted by atomic mass is 19.1. The van der Waals surface area contributed by atoms with Crippen LogP contribution in [0.2, 0.25) is 0 Å².